The summed E-state index contributed by atoms with van der Waals surface area (Å²) >= 11 is 0. The second kappa shape index (κ2) is 3.12. The predicted octanol–water partition coefficient (Wildman–Crippen LogP) is 1.60. The van der Waals surface area contributed by atoms with E-state index in [9.17, 15) is 5.11 Å². The lowest BCUT2D eigenvalue weighted by atomic mass is 10.0. The number of rotatable bonds is 2. The van der Waals surface area contributed by atoms with E-state index in [1.165, 1.54) is 0 Å². The number of aliphatic hydroxyl groups is 1. The summed E-state index contributed by atoms with van der Waals surface area (Å²) in [6.45, 7) is 1.79. The first-order chi connectivity index (χ1) is 6.63. The minimum atomic E-state index is -1.08. The number of nitrogens with two attached hydrogens (primary N) is 1. The Kier molecular flexibility index (Phi) is 2.06. The Balaban J connectivity index is 2.55. The number of para-hydroxylation sites is 1. The van der Waals surface area contributed by atoms with Crippen LogP contribution in [0.1, 0.15) is 12.7 Å². The number of hydrogen-bond donors (Lipinski definition) is 2. The van der Waals surface area contributed by atoms with Gasteiger partial charge in [-0.2, -0.15) is 0 Å². The SMILES string of the molecule is CC(O)(CN)c1cc2ccccc2o1. The van der Waals surface area contributed by atoms with Crippen LogP contribution in [-0.2, 0) is 5.60 Å². The fourth-order valence-electron chi connectivity index (χ4n) is 1.35. The molecule has 0 radical (unpaired) electrons. The van der Waals surface area contributed by atoms with Gasteiger partial charge in [-0.15, -0.1) is 0 Å². The summed E-state index contributed by atoms with van der Waals surface area (Å²) in [5.41, 5.74) is 5.14. The summed E-state index contributed by atoms with van der Waals surface area (Å²) in [4.78, 5) is 0. The molecule has 1 aromatic carbocycles. The van der Waals surface area contributed by atoms with Crippen molar-refractivity contribution in [1.29, 1.82) is 0 Å². The highest BCUT2D eigenvalue weighted by atomic mass is 16.4. The van der Waals surface area contributed by atoms with Gasteiger partial charge in [-0.25, -0.2) is 0 Å². The zero-order chi connectivity index (χ0) is 10.2. The molecule has 0 aliphatic carbocycles. The monoisotopic (exact) mass is 191 g/mol. The summed E-state index contributed by atoms with van der Waals surface area (Å²) in [6.07, 6.45) is 0. The lowest BCUT2D eigenvalue weighted by Gasteiger charge is -2.17. The smallest absolute Gasteiger partial charge is 0.137 e. The molecule has 1 atom stereocenters. The van der Waals surface area contributed by atoms with Crippen molar-refractivity contribution in [2.75, 3.05) is 6.54 Å². The molecular formula is C11H13NO2. The molecule has 3 heteroatoms. The summed E-state index contributed by atoms with van der Waals surface area (Å²) in [5, 5.41) is 10.9. The first-order valence-electron chi connectivity index (χ1n) is 4.55. The maximum absolute atomic E-state index is 9.88. The number of benzene rings is 1. The first-order valence-corrected chi connectivity index (χ1v) is 4.55. The molecule has 1 heterocycles. The van der Waals surface area contributed by atoms with Crippen molar-refractivity contribution < 1.29 is 9.52 Å². The third kappa shape index (κ3) is 1.41. The van der Waals surface area contributed by atoms with E-state index in [1.807, 2.05) is 30.3 Å². The maximum Gasteiger partial charge on any atom is 0.137 e. The Hall–Kier alpha value is -1.32. The molecule has 1 unspecified atom stereocenters. The zero-order valence-electron chi connectivity index (χ0n) is 8.03. The van der Waals surface area contributed by atoms with Gasteiger partial charge in [0.15, 0.2) is 0 Å². The summed E-state index contributed by atoms with van der Waals surface area (Å²) in [7, 11) is 0. The van der Waals surface area contributed by atoms with Crippen LogP contribution in [-0.4, -0.2) is 11.7 Å². The predicted molar refractivity (Wildman–Crippen MR) is 54.8 cm³/mol. The van der Waals surface area contributed by atoms with Crippen molar-refractivity contribution in [1.82, 2.24) is 0 Å². The van der Waals surface area contributed by atoms with E-state index in [0.717, 1.165) is 11.0 Å². The standard InChI is InChI=1S/C11H13NO2/c1-11(13,7-12)10-6-8-4-2-3-5-9(8)14-10/h2-6,13H,7,12H2,1H3. The molecule has 1 aromatic heterocycles. The van der Waals surface area contributed by atoms with Gasteiger partial charge in [0, 0.05) is 11.9 Å². The van der Waals surface area contributed by atoms with Crippen molar-refractivity contribution in [2.45, 2.75) is 12.5 Å². The highest BCUT2D eigenvalue weighted by Crippen LogP contribution is 2.26. The van der Waals surface area contributed by atoms with Crippen LogP contribution in [0.2, 0.25) is 0 Å². The van der Waals surface area contributed by atoms with Gasteiger partial charge in [0.1, 0.15) is 16.9 Å². The maximum atomic E-state index is 9.88. The van der Waals surface area contributed by atoms with E-state index in [2.05, 4.69) is 0 Å². The van der Waals surface area contributed by atoms with Crippen molar-refractivity contribution >= 4 is 11.0 Å². The van der Waals surface area contributed by atoms with E-state index in [4.69, 9.17) is 10.2 Å². The molecule has 0 amide bonds. The van der Waals surface area contributed by atoms with Crippen molar-refractivity contribution in [3.63, 3.8) is 0 Å². The van der Waals surface area contributed by atoms with Crippen LogP contribution < -0.4 is 5.73 Å². The number of fused-ring (bicyclic) bond motifs is 1. The van der Waals surface area contributed by atoms with Crippen LogP contribution in [0.5, 0.6) is 0 Å². The Morgan fingerprint density at radius 1 is 1.43 bits per heavy atom. The molecule has 74 valence electrons. The topological polar surface area (TPSA) is 59.4 Å². The van der Waals surface area contributed by atoms with E-state index >= 15 is 0 Å². The minimum Gasteiger partial charge on any atom is -0.458 e. The van der Waals surface area contributed by atoms with Gasteiger partial charge in [0.05, 0.1) is 0 Å². The van der Waals surface area contributed by atoms with Gasteiger partial charge in [0.25, 0.3) is 0 Å². The molecule has 14 heavy (non-hydrogen) atoms. The van der Waals surface area contributed by atoms with Crippen LogP contribution in [0.25, 0.3) is 11.0 Å². The van der Waals surface area contributed by atoms with Gasteiger partial charge in [0.2, 0.25) is 0 Å². The highest BCUT2D eigenvalue weighted by molar-refractivity contribution is 5.77. The molecular weight excluding hydrogens is 178 g/mol. The molecule has 3 N–H and O–H groups in total. The van der Waals surface area contributed by atoms with Crippen LogP contribution in [0.4, 0.5) is 0 Å². The van der Waals surface area contributed by atoms with Crippen LogP contribution in [0.15, 0.2) is 34.7 Å². The van der Waals surface area contributed by atoms with Crippen LogP contribution in [0, 0.1) is 0 Å². The fourth-order valence-corrected chi connectivity index (χ4v) is 1.35. The summed E-state index contributed by atoms with van der Waals surface area (Å²) in [5.74, 6) is 0.515. The molecule has 3 nitrogen and oxygen atoms in total. The van der Waals surface area contributed by atoms with E-state index in [1.54, 1.807) is 6.92 Å². The van der Waals surface area contributed by atoms with Crippen molar-refractivity contribution in [2.24, 2.45) is 5.73 Å². The normalized spacial score (nSPS) is 15.6. The average molecular weight is 191 g/mol. The second-order valence-electron chi connectivity index (χ2n) is 3.63. The van der Waals surface area contributed by atoms with Crippen LogP contribution >= 0.6 is 0 Å². The molecule has 2 aromatic rings. The first kappa shape index (κ1) is 9.24. The molecule has 0 fully saturated rings. The fraction of sp³-hybridized carbons (Fsp3) is 0.273. The zero-order valence-corrected chi connectivity index (χ0v) is 8.03. The average Bonchev–Trinajstić information content (AvgIpc) is 2.61. The Morgan fingerprint density at radius 3 is 2.79 bits per heavy atom. The Labute approximate surface area is 82.1 Å². The number of furan rings is 1. The van der Waals surface area contributed by atoms with Gasteiger partial charge in [-0.3, -0.25) is 0 Å². The second-order valence-corrected chi connectivity index (χ2v) is 3.63. The third-order valence-corrected chi connectivity index (χ3v) is 2.35. The quantitative estimate of drug-likeness (QED) is 0.758. The largest absolute Gasteiger partial charge is 0.458 e. The molecule has 0 aliphatic heterocycles. The Morgan fingerprint density at radius 2 is 2.14 bits per heavy atom. The molecule has 0 spiro atoms. The van der Waals surface area contributed by atoms with Gasteiger partial charge in [-0.1, -0.05) is 18.2 Å². The van der Waals surface area contributed by atoms with Crippen molar-refractivity contribution in [3.8, 4) is 0 Å². The van der Waals surface area contributed by atoms with Crippen molar-refractivity contribution in [3.05, 3.63) is 36.1 Å². The van der Waals surface area contributed by atoms with Crippen LogP contribution in [0.3, 0.4) is 0 Å². The van der Waals surface area contributed by atoms with Gasteiger partial charge >= 0.3 is 0 Å². The molecule has 0 saturated heterocycles. The Bertz CT molecular complexity index is 412. The summed E-state index contributed by atoms with van der Waals surface area (Å²) in [6, 6.07) is 9.45. The molecule has 2 rings (SSSR count). The highest BCUT2D eigenvalue weighted by Gasteiger charge is 2.25. The minimum absolute atomic E-state index is 0.146. The van der Waals surface area contributed by atoms with Gasteiger partial charge in [-0.05, 0) is 19.1 Å². The molecule has 0 bridgehead atoms. The molecule has 0 saturated carbocycles. The lowest BCUT2D eigenvalue weighted by Crippen LogP contribution is -2.30. The molecule has 0 aliphatic rings. The van der Waals surface area contributed by atoms with E-state index < -0.39 is 5.60 Å². The third-order valence-electron chi connectivity index (χ3n) is 2.35. The number of hydrogen-bond acceptors (Lipinski definition) is 3. The van der Waals surface area contributed by atoms with E-state index in [-0.39, 0.29) is 6.54 Å². The van der Waals surface area contributed by atoms with E-state index in [0.29, 0.717) is 5.76 Å². The summed E-state index contributed by atoms with van der Waals surface area (Å²) < 4.78 is 5.49. The lowest BCUT2D eigenvalue weighted by molar-refractivity contribution is 0.0449. The van der Waals surface area contributed by atoms with Gasteiger partial charge < -0.3 is 15.3 Å².